The molecule has 0 aliphatic carbocycles. The van der Waals surface area contributed by atoms with E-state index in [1.165, 1.54) is 23.4 Å². The predicted octanol–water partition coefficient (Wildman–Crippen LogP) is 3.77. The minimum absolute atomic E-state index is 0.126. The molecular weight excluding hydrogens is 402 g/mol. The molecule has 3 rings (SSSR count). The van der Waals surface area contributed by atoms with Gasteiger partial charge in [-0.25, -0.2) is 8.42 Å². The van der Waals surface area contributed by atoms with Crippen LogP contribution in [0.15, 0.2) is 47.4 Å². The summed E-state index contributed by atoms with van der Waals surface area (Å²) in [7, 11) is -3.64. The van der Waals surface area contributed by atoms with Crippen LogP contribution in [0.25, 0.3) is 0 Å². The Morgan fingerprint density at radius 2 is 1.63 bits per heavy atom. The molecule has 2 aromatic rings. The maximum Gasteiger partial charge on any atom is 0.255 e. The van der Waals surface area contributed by atoms with E-state index < -0.39 is 15.9 Å². The summed E-state index contributed by atoms with van der Waals surface area (Å²) in [6, 6.07) is 11.3. The standard InChI is InChI=1S/C22H27N3O4S/c1-16-10-11-19(23-17(2)26)15-21(16)24-22(27)18-8-7-9-20(14-18)30(28,29)25-12-5-3-4-6-13-25/h7-11,14-15H,3-6,12-13H2,1-2H3,(H,23,26)(H,24,27). The van der Waals surface area contributed by atoms with E-state index in [0.717, 1.165) is 31.2 Å². The van der Waals surface area contributed by atoms with Crippen molar-refractivity contribution in [3.8, 4) is 0 Å². The lowest BCUT2D eigenvalue weighted by molar-refractivity contribution is -0.114. The number of aryl methyl sites for hydroxylation is 1. The molecule has 30 heavy (non-hydrogen) atoms. The Kier molecular flexibility index (Phi) is 6.89. The van der Waals surface area contributed by atoms with Gasteiger partial charge in [0.1, 0.15) is 0 Å². The molecule has 1 heterocycles. The van der Waals surface area contributed by atoms with Crippen LogP contribution in [0.4, 0.5) is 11.4 Å². The number of sulfonamides is 1. The average molecular weight is 430 g/mol. The normalized spacial score (nSPS) is 15.3. The van der Waals surface area contributed by atoms with Crippen molar-refractivity contribution in [2.75, 3.05) is 23.7 Å². The highest BCUT2D eigenvalue weighted by molar-refractivity contribution is 7.89. The van der Waals surface area contributed by atoms with Crippen LogP contribution in [0.3, 0.4) is 0 Å². The number of carbonyl (C=O) groups excluding carboxylic acids is 2. The summed E-state index contributed by atoms with van der Waals surface area (Å²) >= 11 is 0. The van der Waals surface area contributed by atoms with Gasteiger partial charge in [0.15, 0.2) is 0 Å². The molecule has 0 atom stereocenters. The molecule has 2 amide bonds. The molecule has 0 saturated carbocycles. The van der Waals surface area contributed by atoms with Crippen molar-refractivity contribution in [1.82, 2.24) is 4.31 Å². The third kappa shape index (κ3) is 5.25. The van der Waals surface area contributed by atoms with Gasteiger partial charge in [-0.2, -0.15) is 4.31 Å². The third-order valence-electron chi connectivity index (χ3n) is 5.11. The van der Waals surface area contributed by atoms with Crippen LogP contribution in [-0.2, 0) is 14.8 Å². The van der Waals surface area contributed by atoms with Gasteiger partial charge in [0, 0.05) is 37.0 Å². The Bertz CT molecular complexity index is 1040. The fraction of sp³-hybridized carbons (Fsp3) is 0.364. The predicted molar refractivity (Wildman–Crippen MR) is 117 cm³/mol. The molecule has 160 valence electrons. The summed E-state index contributed by atoms with van der Waals surface area (Å²) in [4.78, 5) is 24.2. The number of anilines is 2. The second kappa shape index (κ2) is 9.40. The molecular formula is C22H27N3O4S. The zero-order valence-corrected chi connectivity index (χ0v) is 18.1. The fourth-order valence-corrected chi connectivity index (χ4v) is 5.02. The first-order valence-corrected chi connectivity index (χ1v) is 11.5. The average Bonchev–Trinajstić information content (AvgIpc) is 3.00. The zero-order valence-electron chi connectivity index (χ0n) is 17.3. The molecule has 0 radical (unpaired) electrons. The second-order valence-corrected chi connectivity index (χ2v) is 9.45. The number of nitrogens with one attached hydrogen (secondary N) is 2. The Morgan fingerprint density at radius 1 is 0.933 bits per heavy atom. The SMILES string of the molecule is CC(=O)Nc1ccc(C)c(NC(=O)c2cccc(S(=O)(=O)N3CCCCCC3)c2)c1. The number of benzene rings is 2. The smallest absolute Gasteiger partial charge is 0.255 e. The second-order valence-electron chi connectivity index (χ2n) is 7.51. The Morgan fingerprint density at radius 3 is 2.30 bits per heavy atom. The first-order valence-electron chi connectivity index (χ1n) is 10.1. The molecule has 1 aliphatic heterocycles. The maximum atomic E-state index is 13.0. The molecule has 8 heteroatoms. The molecule has 1 aliphatic rings. The molecule has 0 unspecified atom stereocenters. The van der Waals surface area contributed by atoms with E-state index in [1.54, 1.807) is 30.3 Å². The number of rotatable bonds is 5. The van der Waals surface area contributed by atoms with Gasteiger partial charge < -0.3 is 10.6 Å². The van der Waals surface area contributed by atoms with Gasteiger partial charge in [0.2, 0.25) is 15.9 Å². The summed E-state index contributed by atoms with van der Waals surface area (Å²) in [5, 5.41) is 5.49. The summed E-state index contributed by atoms with van der Waals surface area (Å²) in [6.07, 6.45) is 3.77. The molecule has 2 N–H and O–H groups in total. The van der Waals surface area contributed by atoms with Gasteiger partial charge in [-0.15, -0.1) is 0 Å². The first kappa shape index (κ1) is 22.0. The number of hydrogen-bond acceptors (Lipinski definition) is 4. The highest BCUT2D eigenvalue weighted by Crippen LogP contribution is 2.23. The van der Waals surface area contributed by atoms with E-state index in [4.69, 9.17) is 0 Å². The van der Waals surface area contributed by atoms with E-state index in [9.17, 15) is 18.0 Å². The maximum absolute atomic E-state index is 13.0. The summed E-state index contributed by atoms with van der Waals surface area (Å²) in [6.45, 7) is 4.27. The highest BCUT2D eigenvalue weighted by Gasteiger charge is 2.25. The van der Waals surface area contributed by atoms with E-state index >= 15 is 0 Å². The van der Waals surface area contributed by atoms with Crippen LogP contribution in [-0.4, -0.2) is 37.6 Å². The number of nitrogens with zero attached hydrogens (tertiary/aromatic N) is 1. The Labute approximate surface area is 177 Å². The molecule has 1 saturated heterocycles. The van der Waals surface area contributed by atoms with Crippen LogP contribution >= 0.6 is 0 Å². The molecule has 7 nitrogen and oxygen atoms in total. The van der Waals surface area contributed by atoms with E-state index in [-0.39, 0.29) is 16.4 Å². The summed E-state index contributed by atoms with van der Waals surface area (Å²) in [5.74, 6) is -0.617. The van der Waals surface area contributed by atoms with Crippen molar-refractivity contribution >= 4 is 33.2 Å². The van der Waals surface area contributed by atoms with Gasteiger partial charge >= 0.3 is 0 Å². The first-order chi connectivity index (χ1) is 14.3. The van der Waals surface area contributed by atoms with Crippen molar-refractivity contribution in [3.63, 3.8) is 0 Å². The fourth-order valence-electron chi connectivity index (χ4n) is 3.46. The van der Waals surface area contributed by atoms with Crippen molar-refractivity contribution in [3.05, 3.63) is 53.6 Å². The molecule has 0 bridgehead atoms. The lowest BCUT2D eigenvalue weighted by Crippen LogP contribution is -2.32. The summed E-state index contributed by atoms with van der Waals surface area (Å²) in [5.41, 5.74) is 2.20. The van der Waals surface area contributed by atoms with Crippen LogP contribution < -0.4 is 10.6 Å². The largest absolute Gasteiger partial charge is 0.326 e. The third-order valence-corrected chi connectivity index (χ3v) is 7.00. The molecule has 1 fully saturated rings. The quantitative estimate of drug-likeness (QED) is 0.756. The van der Waals surface area contributed by atoms with Crippen LogP contribution in [0.2, 0.25) is 0 Å². The Hall–Kier alpha value is -2.71. The van der Waals surface area contributed by atoms with E-state index in [2.05, 4.69) is 10.6 Å². The monoisotopic (exact) mass is 429 g/mol. The van der Waals surface area contributed by atoms with Crippen molar-refractivity contribution < 1.29 is 18.0 Å². The van der Waals surface area contributed by atoms with Crippen LogP contribution in [0.1, 0.15) is 48.5 Å². The van der Waals surface area contributed by atoms with Crippen LogP contribution in [0.5, 0.6) is 0 Å². The Balaban J connectivity index is 1.82. The lowest BCUT2D eigenvalue weighted by atomic mass is 10.1. The van der Waals surface area contributed by atoms with Crippen molar-refractivity contribution in [2.24, 2.45) is 0 Å². The van der Waals surface area contributed by atoms with E-state index in [0.29, 0.717) is 24.5 Å². The van der Waals surface area contributed by atoms with Crippen LogP contribution in [0, 0.1) is 6.92 Å². The molecule has 2 aromatic carbocycles. The highest BCUT2D eigenvalue weighted by atomic mass is 32.2. The molecule has 0 aromatic heterocycles. The number of amides is 2. The minimum atomic E-state index is -3.64. The van der Waals surface area contributed by atoms with Gasteiger partial charge in [0.05, 0.1) is 4.90 Å². The van der Waals surface area contributed by atoms with E-state index in [1.807, 2.05) is 6.92 Å². The van der Waals surface area contributed by atoms with Crippen molar-refractivity contribution in [2.45, 2.75) is 44.4 Å². The topological polar surface area (TPSA) is 95.6 Å². The van der Waals surface area contributed by atoms with Gasteiger partial charge in [-0.05, 0) is 55.7 Å². The zero-order chi connectivity index (χ0) is 21.7. The molecule has 0 spiro atoms. The number of carbonyl (C=O) groups is 2. The van der Waals surface area contributed by atoms with Gasteiger partial charge in [-0.1, -0.05) is 25.0 Å². The van der Waals surface area contributed by atoms with Crippen molar-refractivity contribution in [1.29, 1.82) is 0 Å². The lowest BCUT2D eigenvalue weighted by Gasteiger charge is -2.20. The summed E-state index contributed by atoms with van der Waals surface area (Å²) < 4.78 is 27.6. The number of hydrogen-bond donors (Lipinski definition) is 2. The van der Waals surface area contributed by atoms with Gasteiger partial charge in [0.25, 0.3) is 5.91 Å². The minimum Gasteiger partial charge on any atom is -0.326 e. The van der Waals surface area contributed by atoms with Gasteiger partial charge in [-0.3, -0.25) is 9.59 Å².